The summed E-state index contributed by atoms with van der Waals surface area (Å²) in [7, 11) is 1.79. The van der Waals surface area contributed by atoms with Crippen LogP contribution in [0.5, 0.6) is 0 Å². The topological polar surface area (TPSA) is 74.3 Å². The molecule has 114 valence electrons. The summed E-state index contributed by atoms with van der Waals surface area (Å²) in [4.78, 5) is 30.2. The van der Waals surface area contributed by atoms with Gasteiger partial charge in [-0.15, -0.1) is 0 Å². The molecular formula is C15H22N4O2. The summed E-state index contributed by atoms with van der Waals surface area (Å²) < 4.78 is 0. The van der Waals surface area contributed by atoms with Crippen LogP contribution in [0.15, 0.2) is 12.1 Å². The molecule has 1 fully saturated rings. The third-order valence-corrected chi connectivity index (χ3v) is 3.54. The Morgan fingerprint density at radius 3 is 2.81 bits per heavy atom. The maximum absolute atomic E-state index is 12.6. The molecule has 1 saturated heterocycles. The molecule has 6 nitrogen and oxygen atoms in total. The van der Waals surface area contributed by atoms with E-state index < -0.39 is 0 Å². The third kappa shape index (κ3) is 3.71. The molecule has 0 bridgehead atoms. The smallest absolute Gasteiger partial charge is 0.254 e. The van der Waals surface area contributed by atoms with E-state index in [-0.39, 0.29) is 17.7 Å². The maximum Gasteiger partial charge on any atom is 0.254 e. The van der Waals surface area contributed by atoms with Crippen molar-refractivity contribution in [2.45, 2.75) is 26.2 Å². The number of anilines is 1. The fourth-order valence-electron chi connectivity index (χ4n) is 2.25. The zero-order valence-electron chi connectivity index (χ0n) is 12.8. The molecule has 1 aromatic rings. The van der Waals surface area contributed by atoms with Gasteiger partial charge in [-0.3, -0.25) is 9.59 Å². The Bertz CT molecular complexity index is 542. The average Bonchev–Trinajstić information content (AvgIpc) is 2.70. The second-order valence-electron chi connectivity index (χ2n) is 5.46. The van der Waals surface area contributed by atoms with Crippen molar-refractivity contribution < 1.29 is 9.59 Å². The molecule has 21 heavy (non-hydrogen) atoms. The average molecular weight is 290 g/mol. The maximum atomic E-state index is 12.6. The number of aromatic nitrogens is 1. The minimum absolute atomic E-state index is 0.00110. The van der Waals surface area contributed by atoms with Crippen LogP contribution in [0.1, 0.15) is 42.2 Å². The molecule has 0 saturated carbocycles. The summed E-state index contributed by atoms with van der Waals surface area (Å²) >= 11 is 0. The molecule has 2 heterocycles. The van der Waals surface area contributed by atoms with E-state index in [2.05, 4.69) is 15.6 Å². The highest BCUT2D eigenvalue weighted by atomic mass is 16.2. The number of hydrogen-bond donors (Lipinski definition) is 2. The predicted octanol–water partition coefficient (Wildman–Crippen LogP) is 1.21. The number of pyridine rings is 1. The quantitative estimate of drug-likeness (QED) is 0.877. The second-order valence-corrected chi connectivity index (χ2v) is 5.46. The lowest BCUT2D eigenvalue weighted by molar-refractivity contribution is -0.120. The van der Waals surface area contributed by atoms with Gasteiger partial charge < -0.3 is 15.5 Å². The van der Waals surface area contributed by atoms with E-state index in [9.17, 15) is 9.59 Å². The van der Waals surface area contributed by atoms with Gasteiger partial charge in [0.05, 0.1) is 0 Å². The Hall–Kier alpha value is -2.11. The molecule has 2 N–H and O–H groups in total. The first-order valence-electron chi connectivity index (χ1n) is 7.27. The molecule has 1 aliphatic rings. The van der Waals surface area contributed by atoms with Gasteiger partial charge in [-0.05, 0) is 18.1 Å². The lowest BCUT2D eigenvalue weighted by atomic mass is 10.1. The van der Waals surface area contributed by atoms with Crippen LogP contribution in [0, 0.1) is 0 Å². The van der Waals surface area contributed by atoms with Gasteiger partial charge in [-0.2, -0.15) is 0 Å². The monoisotopic (exact) mass is 290 g/mol. The molecule has 0 radical (unpaired) electrons. The molecule has 0 spiro atoms. The van der Waals surface area contributed by atoms with E-state index in [4.69, 9.17) is 0 Å². The summed E-state index contributed by atoms with van der Waals surface area (Å²) in [5.74, 6) is 0.886. The molecule has 0 unspecified atom stereocenters. The van der Waals surface area contributed by atoms with Gasteiger partial charge in [0.1, 0.15) is 5.82 Å². The molecule has 6 heteroatoms. The Morgan fingerprint density at radius 2 is 2.14 bits per heavy atom. The van der Waals surface area contributed by atoms with Crippen molar-refractivity contribution in [3.8, 4) is 0 Å². The minimum Gasteiger partial charge on any atom is -0.373 e. The van der Waals surface area contributed by atoms with Crippen molar-refractivity contribution in [1.82, 2.24) is 15.2 Å². The molecule has 2 amide bonds. The van der Waals surface area contributed by atoms with Crippen molar-refractivity contribution in [3.05, 3.63) is 23.4 Å². The van der Waals surface area contributed by atoms with Crippen LogP contribution in [-0.4, -0.2) is 48.4 Å². The van der Waals surface area contributed by atoms with Gasteiger partial charge in [0.2, 0.25) is 5.91 Å². The molecule has 0 atom stereocenters. The largest absolute Gasteiger partial charge is 0.373 e. The first-order chi connectivity index (χ1) is 10.0. The molecule has 0 aliphatic carbocycles. The number of carbonyl (C=O) groups is 2. The number of nitrogens with one attached hydrogen (secondary N) is 2. The fourth-order valence-corrected chi connectivity index (χ4v) is 2.25. The van der Waals surface area contributed by atoms with Gasteiger partial charge >= 0.3 is 0 Å². The van der Waals surface area contributed by atoms with Crippen molar-refractivity contribution in [2.75, 3.05) is 32.0 Å². The van der Waals surface area contributed by atoms with E-state index in [1.807, 2.05) is 19.9 Å². The van der Waals surface area contributed by atoms with Crippen LogP contribution >= 0.6 is 0 Å². The number of nitrogens with zero attached hydrogens (tertiary/aromatic N) is 2. The minimum atomic E-state index is -0.0488. The predicted molar refractivity (Wildman–Crippen MR) is 81.4 cm³/mol. The van der Waals surface area contributed by atoms with E-state index in [1.165, 1.54) is 0 Å². The third-order valence-electron chi connectivity index (χ3n) is 3.54. The van der Waals surface area contributed by atoms with E-state index in [1.54, 1.807) is 18.0 Å². The van der Waals surface area contributed by atoms with Crippen molar-refractivity contribution in [2.24, 2.45) is 0 Å². The summed E-state index contributed by atoms with van der Waals surface area (Å²) in [5.41, 5.74) is 1.50. The summed E-state index contributed by atoms with van der Waals surface area (Å²) in [5, 5.41) is 5.77. The van der Waals surface area contributed by atoms with Crippen molar-refractivity contribution in [1.29, 1.82) is 0 Å². The van der Waals surface area contributed by atoms with Crippen LogP contribution < -0.4 is 10.6 Å². The van der Waals surface area contributed by atoms with Gasteiger partial charge in [0.25, 0.3) is 5.91 Å². The molecule has 1 aliphatic heterocycles. The van der Waals surface area contributed by atoms with Gasteiger partial charge in [-0.1, -0.05) is 13.8 Å². The number of amides is 2. The highest BCUT2D eigenvalue weighted by molar-refractivity contribution is 5.95. The number of rotatable bonds is 3. The summed E-state index contributed by atoms with van der Waals surface area (Å²) in [6.07, 6.45) is 0.354. The SMILES string of the molecule is CNc1cc(C(=O)N2CCNC(=O)CC2)cc(C(C)C)n1. The molecule has 1 aromatic heterocycles. The van der Waals surface area contributed by atoms with E-state index in [0.29, 0.717) is 37.4 Å². The zero-order valence-corrected chi connectivity index (χ0v) is 12.8. The van der Waals surface area contributed by atoms with Gasteiger partial charge in [0, 0.05) is 44.4 Å². The van der Waals surface area contributed by atoms with Crippen LogP contribution in [0.25, 0.3) is 0 Å². The normalized spacial score (nSPS) is 15.6. The van der Waals surface area contributed by atoms with Crippen LogP contribution in [0.2, 0.25) is 0 Å². The first-order valence-corrected chi connectivity index (χ1v) is 7.27. The highest BCUT2D eigenvalue weighted by Crippen LogP contribution is 2.19. The highest BCUT2D eigenvalue weighted by Gasteiger charge is 2.21. The summed E-state index contributed by atoms with van der Waals surface area (Å²) in [6, 6.07) is 3.60. The lowest BCUT2D eigenvalue weighted by Crippen LogP contribution is -2.34. The van der Waals surface area contributed by atoms with Crippen LogP contribution in [0.3, 0.4) is 0 Å². The lowest BCUT2D eigenvalue weighted by Gasteiger charge is -2.20. The Labute approximate surface area is 124 Å². The van der Waals surface area contributed by atoms with Crippen LogP contribution in [0.4, 0.5) is 5.82 Å². The van der Waals surface area contributed by atoms with Crippen molar-refractivity contribution >= 4 is 17.6 Å². The first kappa shape index (κ1) is 15.3. The number of carbonyl (C=O) groups excluding carboxylic acids is 2. The van der Waals surface area contributed by atoms with Crippen molar-refractivity contribution in [3.63, 3.8) is 0 Å². The van der Waals surface area contributed by atoms with Gasteiger partial charge in [-0.25, -0.2) is 4.98 Å². The van der Waals surface area contributed by atoms with Crippen LogP contribution in [-0.2, 0) is 4.79 Å². The Balaban J connectivity index is 2.25. The van der Waals surface area contributed by atoms with Gasteiger partial charge in [0.15, 0.2) is 0 Å². The Kier molecular flexibility index (Phi) is 4.77. The van der Waals surface area contributed by atoms with E-state index in [0.717, 1.165) is 5.69 Å². The molecule has 0 aromatic carbocycles. The zero-order chi connectivity index (χ0) is 15.4. The van der Waals surface area contributed by atoms with E-state index >= 15 is 0 Å². The Morgan fingerprint density at radius 1 is 1.38 bits per heavy atom. The molecule has 2 rings (SSSR count). The number of hydrogen-bond acceptors (Lipinski definition) is 4. The summed E-state index contributed by atoms with van der Waals surface area (Å²) in [6.45, 7) is 5.60. The fraction of sp³-hybridized carbons (Fsp3) is 0.533. The second kappa shape index (κ2) is 6.56. The molecular weight excluding hydrogens is 268 g/mol. The standard InChI is InChI=1S/C15H22N4O2/c1-10(2)12-8-11(9-13(16-3)18-12)15(21)19-6-4-14(20)17-5-7-19/h8-10H,4-7H2,1-3H3,(H,16,18)(H,17,20).